The van der Waals surface area contributed by atoms with E-state index in [2.05, 4.69) is 5.32 Å². The van der Waals surface area contributed by atoms with Gasteiger partial charge in [0.1, 0.15) is 12.1 Å². The first kappa shape index (κ1) is 34.9. The van der Waals surface area contributed by atoms with E-state index in [4.69, 9.17) is 23.7 Å². The number of hydrogen-bond acceptors (Lipinski definition) is 10. The zero-order chi connectivity index (χ0) is 31.1. The summed E-state index contributed by atoms with van der Waals surface area (Å²) in [6.45, 7) is 9.97. The summed E-state index contributed by atoms with van der Waals surface area (Å²) in [7, 11) is 0. The van der Waals surface area contributed by atoms with E-state index in [1.807, 2.05) is 27.7 Å². The Balaban J connectivity index is 2.08. The van der Waals surface area contributed by atoms with Crippen molar-refractivity contribution in [3.05, 3.63) is 23.8 Å². The van der Waals surface area contributed by atoms with Crippen LogP contribution in [0.3, 0.4) is 0 Å². The number of carbonyl (C=O) groups excluding carboxylic acids is 3. The lowest BCUT2D eigenvalue weighted by atomic mass is 9.89. The molecule has 0 aromatic heterocycles. The third-order valence-electron chi connectivity index (χ3n) is 7.41. The number of ether oxygens (including phenoxy) is 5. The number of carboxylic acids is 1. The predicted molar refractivity (Wildman–Crippen MR) is 155 cm³/mol. The molecule has 1 aromatic carbocycles. The van der Waals surface area contributed by atoms with Crippen molar-refractivity contribution in [3.8, 4) is 11.5 Å². The van der Waals surface area contributed by atoms with Crippen molar-refractivity contribution < 1.29 is 48.0 Å². The molecule has 2 rings (SSSR count). The van der Waals surface area contributed by atoms with Crippen LogP contribution in [0.15, 0.2) is 18.2 Å². The van der Waals surface area contributed by atoms with Crippen molar-refractivity contribution in [1.82, 2.24) is 5.32 Å². The van der Waals surface area contributed by atoms with E-state index in [0.717, 1.165) is 44.9 Å². The van der Waals surface area contributed by atoms with Crippen molar-refractivity contribution in [2.75, 3.05) is 19.8 Å². The average molecular weight is 594 g/mol. The molecule has 1 fully saturated rings. The zero-order valence-corrected chi connectivity index (χ0v) is 25.5. The summed E-state index contributed by atoms with van der Waals surface area (Å²) >= 11 is 0. The Labute approximate surface area is 248 Å². The topological polar surface area (TPSA) is 147 Å². The molecule has 0 radical (unpaired) electrons. The second kappa shape index (κ2) is 18.3. The first-order valence-electron chi connectivity index (χ1n) is 15.0. The highest BCUT2D eigenvalue weighted by atomic mass is 16.7. The molecule has 1 aliphatic carbocycles. The number of carbonyl (C=O) groups is 4. The van der Waals surface area contributed by atoms with Crippen LogP contribution in [-0.4, -0.2) is 61.3 Å². The quantitative estimate of drug-likeness (QED) is 0.134. The van der Waals surface area contributed by atoms with E-state index in [0.29, 0.717) is 5.56 Å². The number of aliphatic carboxylic acids is 1. The van der Waals surface area contributed by atoms with Gasteiger partial charge in [0.25, 0.3) is 0 Å². The summed E-state index contributed by atoms with van der Waals surface area (Å²) in [5.41, 5.74) is 0.492. The minimum atomic E-state index is -1.11. The molecule has 4 atom stereocenters. The number of nitrogens with one attached hydrogen (secondary N) is 1. The Morgan fingerprint density at radius 1 is 0.881 bits per heavy atom. The molecule has 3 unspecified atom stereocenters. The Hall–Kier alpha value is -3.34. The Morgan fingerprint density at radius 3 is 2.00 bits per heavy atom. The number of esters is 1. The van der Waals surface area contributed by atoms with Crippen molar-refractivity contribution >= 4 is 24.2 Å². The molecular formula is C31H47NO10. The second-order valence-corrected chi connectivity index (χ2v) is 11.2. The molecule has 0 bridgehead atoms. The lowest BCUT2D eigenvalue weighted by molar-refractivity contribution is -0.154. The van der Waals surface area contributed by atoms with E-state index in [1.54, 1.807) is 13.0 Å². The number of rotatable bonds is 16. The average Bonchev–Trinajstić information content (AvgIpc) is 2.98. The van der Waals surface area contributed by atoms with Crippen LogP contribution in [0.2, 0.25) is 0 Å². The van der Waals surface area contributed by atoms with Gasteiger partial charge in [-0.05, 0) is 55.7 Å². The molecule has 0 amide bonds. The van der Waals surface area contributed by atoms with Crippen LogP contribution in [-0.2, 0) is 30.2 Å². The summed E-state index contributed by atoms with van der Waals surface area (Å²) in [4.78, 5) is 49.1. The van der Waals surface area contributed by atoms with Crippen LogP contribution in [0.1, 0.15) is 85.1 Å². The second-order valence-electron chi connectivity index (χ2n) is 11.2. The molecule has 0 saturated heterocycles. The summed E-state index contributed by atoms with van der Waals surface area (Å²) < 4.78 is 26.5. The molecule has 0 spiro atoms. The van der Waals surface area contributed by atoms with Gasteiger partial charge in [0.05, 0.1) is 19.1 Å². The molecule has 11 nitrogen and oxygen atoms in total. The van der Waals surface area contributed by atoms with Gasteiger partial charge >= 0.3 is 24.2 Å². The molecule has 236 valence electrons. The van der Waals surface area contributed by atoms with Crippen LogP contribution in [0.5, 0.6) is 11.5 Å². The monoisotopic (exact) mass is 593 g/mol. The van der Waals surface area contributed by atoms with Crippen molar-refractivity contribution in [3.63, 3.8) is 0 Å². The summed E-state index contributed by atoms with van der Waals surface area (Å²) in [5, 5.41) is 12.8. The van der Waals surface area contributed by atoms with E-state index >= 15 is 0 Å². The molecule has 42 heavy (non-hydrogen) atoms. The predicted octanol–water partition coefficient (Wildman–Crippen LogP) is 5.91. The van der Waals surface area contributed by atoms with Crippen LogP contribution in [0.4, 0.5) is 9.59 Å². The smallest absolute Gasteiger partial charge is 0.480 e. The maximum Gasteiger partial charge on any atom is 0.513 e. The van der Waals surface area contributed by atoms with E-state index in [1.165, 1.54) is 12.1 Å². The van der Waals surface area contributed by atoms with Crippen LogP contribution < -0.4 is 14.8 Å². The SMILES string of the molecule is CCC(C)COC(=O)Oc1ccc(C[C@H](NCC(C)OC(=O)C2CCCCC2)C(=O)O)cc1OC(=O)OCC(C)CC. The molecule has 2 N–H and O–H groups in total. The first-order chi connectivity index (χ1) is 20.0. The minimum absolute atomic E-state index is 0.00957. The number of carboxylic acid groups (broad SMARTS) is 1. The minimum Gasteiger partial charge on any atom is -0.480 e. The summed E-state index contributed by atoms with van der Waals surface area (Å²) in [6.07, 6.45) is 3.98. The van der Waals surface area contributed by atoms with Gasteiger partial charge in [-0.2, -0.15) is 0 Å². The van der Waals surface area contributed by atoms with Gasteiger partial charge in [-0.1, -0.05) is 65.9 Å². The van der Waals surface area contributed by atoms with Gasteiger partial charge in [-0.3, -0.25) is 9.59 Å². The lowest BCUT2D eigenvalue weighted by Crippen LogP contribution is -2.43. The normalized spacial score (nSPS) is 16.4. The fourth-order valence-corrected chi connectivity index (χ4v) is 4.20. The van der Waals surface area contributed by atoms with Gasteiger partial charge < -0.3 is 34.1 Å². The van der Waals surface area contributed by atoms with Crippen molar-refractivity contribution in [2.24, 2.45) is 17.8 Å². The highest BCUT2D eigenvalue weighted by Gasteiger charge is 2.26. The van der Waals surface area contributed by atoms with Crippen LogP contribution in [0.25, 0.3) is 0 Å². The molecule has 1 saturated carbocycles. The molecule has 11 heteroatoms. The zero-order valence-electron chi connectivity index (χ0n) is 25.5. The Kier molecular flexibility index (Phi) is 15.1. The summed E-state index contributed by atoms with van der Waals surface area (Å²) in [6, 6.07) is 3.37. The maximum absolute atomic E-state index is 12.4. The number of benzene rings is 1. The standard InChI is InChI=1S/C31H47NO10/c1-6-20(3)18-38-30(36)41-26-14-13-23(16-27(26)42-31(37)39-19-21(4)7-2)15-25(28(33)34)32-17-22(5)40-29(35)24-11-9-8-10-12-24/h13-14,16,20-22,24-25,32H,6-12,15,17-19H2,1-5H3,(H,33,34)/t20?,21?,22?,25-/m0/s1. The Morgan fingerprint density at radius 2 is 1.45 bits per heavy atom. The highest BCUT2D eigenvalue weighted by molar-refractivity contribution is 5.74. The van der Waals surface area contributed by atoms with Gasteiger partial charge in [-0.15, -0.1) is 0 Å². The van der Waals surface area contributed by atoms with Crippen molar-refractivity contribution in [2.45, 2.75) is 98.1 Å². The summed E-state index contributed by atoms with van der Waals surface area (Å²) in [5.74, 6) is -1.36. The number of hydrogen-bond donors (Lipinski definition) is 2. The highest BCUT2D eigenvalue weighted by Crippen LogP contribution is 2.30. The maximum atomic E-state index is 12.4. The van der Waals surface area contributed by atoms with Crippen LogP contribution in [0, 0.1) is 17.8 Å². The van der Waals surface area contributed by atoms with Gasteiger partial charge in [0.2, 0.25) is 0 Å². The van der Waals surface area contributed by atoms with Gasteiger partial charge in [0, 0.05) is 6.54 Å². The van der Waals surface area contributed by atoms with E-state index in [-0.39, 0.29) is 61.4 Å². The Bertz CT molecular complexity index is 1020. The van der Waals surface area contributed by atoms with E-state index in [9.17, 15) is 24.3 Å². The molecule has 0 aliphatic heterocycles. The fraction of sp³-hybridized carbons (Fsp3) is 0.677. The van der Waals surface area contributed by atoms with Crippen molar-refractivity contribution in [1.29, 1.82) is 0 Å². The lowest BCUT2D eigenvalue weighted by Gasteiger charge is -2.23. The largest absolute Gasteiger partial charge is 0.513 e. The third-order valence-corrected chi connectivity index (χ3v) is 7.41. The molecule has 0 heterocycles. The molecule has 1 aromatic rings. The third kappa shape index (κ3) is 12.7. The fourth-order valence-electron chi connectivity index (χ4n) is 4.20. The molecule has 1 aliphatic rings. The van der Waals surface area contributed by atoms with E-state index < -0.39 is 30.4 Å². The van der Waals surface area contributed by atoms with Crippen LogP contribution >= 0.6 is 0 Å². The first-order valence-corrected chi connectivity index (χ1v) is 15.0. The van der Waals surface area contributed by atoms with Gasteiger partial charge in [-0.25, -0.2) is 9.59 Å². The molecular weight excluding hydrogens is 546 g/mol. The van der Waals surface area contributed by atoms with Gasteiger partial charge in [0.15, 0.2) is 11.5 Å².